The van der Waals surface area contributed by atoms with Crippen LogP contribution in [0, 0.1) is 0 Å². The van der Waals surface area contributed by atoms with Crippen LogP contribution in [0.4, 0.5) is 4.39 Å². The summed E-state index contributed by atoms with van der Waals surface area (Å²) >= 11 is 3.47. The fraction of sp³-hybridized carbons (Fsp3) is 0.455. The zero-order valence-corrected chi connectivity index (χ0v) is 9.94. The monoisotopic (exact) mass is 273 g/mol. The van der Waals surface area contributed by atoms with Crippen molar-refractivity contribution in [2.24, 2.45) is 0 Å². The van der Waals surface area contributed by atoms with Gasteiger partial charge in [0, 0.05) is 29.5 Å². The van der Waals surface area contributed by atoms with Crippen molar-refractivity contribution in [3.63, 3.8) is 0 Å². The molecule has 0 amide bonds. The summed E-state index contributed by atoms with van der Waals surface area (Å²) in [5.41, 5.74) is 2.34. The van der Waals surface area contributed by atoms with Gasteiger partial charge >= 0.3 is 0 Å². The highest BCUT2D eigenvalue weighted by Gasteiger charge is 2.16. The summed E-state index contributed by atoms with van der Waals surface area (Å²) in [4.78, 5) is 0. The molecule has 4 heteroatoms. The molecule has 0 spiro atoms. The Kier molecular flexibility index (Phi) is 3.59. The molecule has 0 radical (unpaired) electrons. The lowest BCUT2D eigenvalue weighted by molar-refractivity contribution is 0.352. The molecule has 0 aromatic heterocycles. The van der Waals surface area contributed by atoms with Gasteiger partial charge in [-0.3, -0.25) is 0 Å². The fourth-order valence-corrected chi connectivity index (χ4v) is 2.32. The lowest BCUT2D eigenvalue weighted by Crippen LogP contribution is -2.16. The largest absolute Gasteiger partial charge is 0.493 e. The van der Waals surface area contributed by atoms with Crippen LogP contribution in [0.2, 0.25) is 0 Å². The van der Waals surface area contributed by atoms with Crippen LogP contribution in [0.5, 0.6) is 5.75 Å². The highest BCUT2D eigenvalue weighted by atomic mass is 79.9. The van der Waals surface area contributed by atoms with Gasteiger partial charge in [-0.2, -0.15) is 0 Å². The molecular formula is C11H13BrFNO. The van der Waals surface area contributed by atoms with Crippen molar-refractivity contribution in [2.45, 2.75) is 13.0 Å². The van der Waals surface area contributed by atoms with E-state index in [1.807, 2.05) is 6.07 Å². The predicted octanol–water partition coefficient (Wildman–Crippen LogP) is 2.44. The maximum absolute atomic E-state index is 11.9. The molecular weight excluding hydrogens is 261 g/mol. The van der Waals surface area contributed by atoms with Crippen LogP contribution in [-0.4, -0.2) is 19.8 Å². The van der Waals surface area contributed by atoms with Crippen LogP contribution >= 0.6 is 15.9 Å². The minimum absolute atomic E-state index is 0.336. The van der Waals surface area contributed by atoms with E-state index in [0.717, 1.165) is 28.8 Å². The lowest BCUT2D eigenvalue weighted by atomic mass is 10.1. The molecule has 0 bridgehead atoms. The summed E-state index contributed by atoms with van der Waals surface area (Å²) in [6.45, 7) is 1.46. The third kappa shape index (κ3) is 2.49. The average molecular weight is 274 g/mol. The van der Waals surface area contributed by atoms with Crippen LogP contribution in [0.3, 0.4) is 0 Å². The molecule has 2 nitrogen and oxygen atoms in total. The number of rotatable bonds is 4. The Balaban J connectivity index is 2.15. The summed E-state index contributed by atoms with van der Waals surface area (Å²) in [5, 5.41) is 3.03. The SMILES string of the molecule is FCCNCc1cc(Br)cc2c1OCC2. The average Bonchev–Trinajstić information content (AvgIpc) is 2.65. The highest BCUT2D eigenvalue weighted by molar-refractivity contribution is 9.10. The third-order valence-corrected chi connectivity index (χ3v) is 2.87. The number of halogens is 2. The maximum atomic E-state index is 11.9. The number of alkyl halides is 1. The van der Waals surface area contributed by atoms with Crippen molar-refractivity contribution in [1.29, 1.82) is 0 Å². The van der Waals surface area contributed by atoms with E-state index < -0.39 is 0 Å². The third-order valence-electron chi connectivity index (χ3n) is 2.41. The molecule has 0 saturated carbocycles. The van der Waals surface area contributed by atoms with Gasteiger partial charge in [0.05, 0.1) is 6.61 Å². The van der Waals surface area contributed by atoms with Gasteiger partial charge in [-0.15, -0.1) is 0 Å². The van der Waals surface area contributed by atoms with Crippen molar-refractivity contribution < 1.29 is 9.13 Å². The number of fused-ring (bicyclic) bond motifs is 1. The first-order valence-corrected chi connectivity index (χ1v) is 5.81. The predicted molar refractivity (Wildman–Crippen MR) is 61.0 cm³/mol. The molecule has 1 aromatic rings. The normalized spacial score (nSPS) is 13.7. The Labute approximate surface area is 96.9 Å². The van der Waals surface area contributed by atoms with Gasteiger partial charge in [0.25, 0.3) is 0 Å². The van der Waals surface area contributed by atoms with E-state index in [0.29, 0.717) is 13.1 Å². The van der Waals surface area contributed by atoms with Gasteiger partial charge in [0.2, 0.25) is 0 Å². The Hall–Kier alpha value is -0.610. The Bertz CT molecular complexity index is 357. The van der Waals surface area contributed by atoms with E-state index in [1.54, 1.807) is 0 Å². The first-order chi connectivity index (χ1) is 7.31. The lowest BCUT2D eigenvalue weighted by Gasteiger charge is -2.09. The second-order valence-electron chi connectivity index (χ2n) is 3.52. The Morgan fingerprint density at radius 3 is 3.13 bits per heavy atom. The first kappa shape index (κ1) is 10.9. The van der Waals surface area contributed by atoms with Crippen molar-refractivity contribution in [1.82, 2.24) is 5.32 Å². The van der Waals surface area contributed by atoms with Gasteiger partial charge in [0.15, 0.2) is 0 Å². The highest BCUT2D eigenvalue weighted by Crippen LogP contribution is 2.32. The molecule has 15 heavy (non-hydrogen) atoms. The zero-order chi connectivity index (χ0) is 10.7. The second-order valence-corrected chi connectivity index (χ2v) is 4.43. The van der Waals surface area contributed by atoms with Crippen molar-refractivity contribution in [3.05, 3.63) is 27.7 Å². The summed E-state index contributed by atoms with van der Waals surface area (Å²) in [7, 11) is 0. The molecule has 0 saturated heterocycles. The maximum Gasteiger partial charge on any atom is 0.127 e. The standard InChI is InChI=1S/C11H13BrFNO/c12-10-5-8-1-4-15-11(8)9(6-10)7-14-3-2-13/h5-6,14H,1-4,7H2. The van der Waals surface area contributed by atoms with E-state index in [2.05, 4.69) is 27.3 Å². The van der Waals surface area contributed by atoms with E-state index in [-0.39, 0.29) is 6.67 Å². The van der Waals surface area contributed by atoms with Crippen LogP contribution < -0.4 is 10.1 Å². The number of hydrogen-bond acceptors (Lipinski definition) is 2. The molecule has 2 rings (SSSR count). The van der Waals surface area contributed by atoms with Crippen molar-refractivity contribution in [3.8, 4) is 5.75 Å². The van der Waals surface area contributed by atoms with E-state index >= 15 is 0 Å². The van der Waals surface area contributed by atoms with Crippen LogP contribution in [-0.2, 0) is 13.0 Å². The topological polar surface area (TPSA) is 21.3 Å². The summed E-state index contributed by atoms with van der Waals surface area (Å²) < 4.78 is 18.6. The van der Waals surface area contributed by atoms with E-state index in [9.17, 15) is 4.39 Å². The number of hydrogen-bond donors (Lipinski definition) is 1. The number of ether oxygens (including phenoxy) is 1. The minimum Gasteiger partial charge on any atom is -0.493 e. The van der Waals surface area contributed by atoms with E-state index in [1.165, 1.54) is 5.56 Å². The van der Waals surface area contributed by atoms with Crippen molar-refractivity contribution in [2.75, 3.05) is 19.8 Å². The fourth-order valence-electron chi connectivity index (χ4n) is 1.77. The molecule has 1 aromatic carbocycles. The molecule has 82 valence electrons. The number of benzene rings is 1. The van der Waals surface area contributed by atoms with Crippen LogP contribution in [0.25, 0.3) is 0 Å². The van der Waals surface area contributed by atoms with Gasteiger partial charge in [-0.05, 0) is 17.7 Å². The zero-order valence-electron chi connectivity index (χ0n) is 8.35. The number of nitrogens with one attached hydrogen (secondary N) is 1. The molecule has 0 atom stereocenters. The first-order valence-electron chi connectivity index (χ1n) is 5.02. The quantitative estimate of drug-likeness (QED) is 0.851. The van der Waals surface area contributed by atoms with Crippen LogP contribution in [0.15, 0.2) is 16.6 Å². The molecule has 0 aliphatic carbocycles. The minimum atomic E-state index is -0.336. The summed E-state index contributed by atoms with van der Waals surface area (Å²) in [6.07, 6.45) is 0.963. The molecule has 1 aliphatic rings. The van der Waals surface area contributed by atoms with Crippen LogP contribution in [0.1, 0.15) is 11.1 Å². The van der Waals surface area contributed by atoms with Gasteiger partial charge in [-0.25, -0.2) is 4.39 Å². The molecule has 1 heterocycles. The van der Waals surface area contributed by atoms with Gasteiger partial charge < -0.3 is 10.1 Å². The smallest absolute Gasteiger partial charge is 0.127 e. The Morgan fingerprint density at radius 1 is 1.47 bits per heavy atom. The molecule has 1 aliphatic heterocycles. The van der Waals surface area contributed by atoms with Gasteiger partial charge in [-0.1, -0.05) is 15.9 Å². The molecule has 1 N–H and O–H groups in total. The molecule has 0 fully saturated rings. The molecule has 0 unspecified atom stereocenters. The van der Waals surface area contributed by atoms with Crippen molar-refractivity contribution >= 4 is 15.9 Å². The van der Waals surface area contributed by atoms with Gasteiger partial charge in [0.1, 0.15) is 12.4 Å². The summed E-state index contributed by atoms with van der Waals surface area (Å²) in [5.74, 6) is 0.976. The van der Waals surface area contributed by atoms with E-state index in [4.69, 9.17) is 4.74 Å². The Morgan fingerprint density at radius 2 is 2.33 bits per heavy atom. The second kappa shape index (κ2) is 4.94. The summed E-state index contributed by atoms with van der Waals surface area (Å²) in [6, 6.07) is 4.11.